The van der Waals surface area contributed by atoms with Gasteiger partial charge in [0.05, 0.1) is 5.69 Å². The first kappa shape index (κ1) is 13.8. The molecule has 21 heavy (non-hydrogen) atoms. The summed E-state index contributed by atoms with van der Waals surface area (Å²) in [7, 11) is 1.88. The molecule has 2 aromatic heterocycles. The van der Waals surface area contributed by atoms with Crippen LogP contribution in [0, 0.1) is 13.8 Å². The number of aromatic nitrogens is 2. The maximum absolute atomic E-state index is 4.75. The van der Waals surface area contributed by atoms with Crippen LogP contribution in [0.3, 0.4) is 0 Å². The van der Waals surface area contributed by atoms with Crippen molar-refractivity contribution in [2.45, 2.75) is 13.8 Å². The van der Waals surface area contributed by atoms with Crippen molar-refractivity contribution in [3.63, 3.8) is 0 Å². The minimum Gasteiger partial charge on any atom is -0.373 e. The molecule has 0 atom stereocenters. The van der Waals surface area contributed by atoms with Crippen LogP contribution >= 0.6 is 11.3 Å². The minimum atomic E-state index is 0.780. The lowest BCUT2D eigenvalue weighted by Crippen LogP contribution is -1.98. The van der Waals surface area contributed by atoms with Crippen molar-refractivity contribution in [2.75, 3.05) is 12.4 Å². The van der Waals surface area contributed by atoms with E-state index in [1.807, 2.05) is 31.3 Å². The van der Waals surface area contributed by atoms with Gasteiger partial charge in [-0.2, -0.15) is 0 Å². The van der Waals surface area contributed by atoms with Crippen molar-refractivity contribution in [3.05, 3.63) is 52.2 Å². The van der Waals surface area contributed by atoms with Crippen LogP contribution in [0.4, 0.5) is 5.82 Å². The summed E-state index contributed by atoms with van der Waals surface area (Å²) in [4.78, 5) is 11.9. The molecule has 0 aliphatic rings. The largest absolute Gasteiger partial charge is 0.373 e. The Labute approximate surface area is 128 Å². The van der Waals surface area contributed by atoms with Gasteiger partial charge in [-0.15, -0.1) is 11.3 Å². The molecule has 0 spiro atoms. The first-order valence-corrected chi connectivity index (χ1v) is 7.68. The number of nitrogens with one attached hydrogen (secondary N) is 1. The van der Waals surface area contributed by atoms with Crippen molar-refractivity contribution in [3.8, 4) is 22.6 Å². The Morgan fingerprint density at radius 3 is 2.38 bits per heavy atom. The van der Waals surface area contributed by atoms with E-state index in [1.54, 1.807) is 11.3 Å². The summed E-state index contributed by atoms with van der Waals surface area (Å²) in [5.41, 5.74) is 3.15. The highest BCUT2D eigenvalue weighted by molar-refractivity contribution is 7.12. The molecule has 1 N–H and O–H groups in total. The van der Waals surface area contributed by atoms with Gasteiger partial charge >= 0.3 is 0 Å². The van der Waals surface area contributed by atoms with Crippen LogP contribution < -0.4 is 5.32 Å². The lowest BCUT2D eigenvalue weighted by Gasteiger charge is -2.08. The van der Waals surface area contributed by atoms with Crippen molar-refractivity contribution in [2.24, 2.45) is 0 Å². The lowest BCUT2D eigenvalue weighted by molar-refractivity contribution is 1.17. The zero-order valence-corrected chi connectivity index (χ0v) is 13.2. The van der Waals surface area contributed by atoms with Gasteiger partial charge in [-0.25, -0.2) is 9.97 Å². The second-order valence-corrected chi connectivity index (χ2v) is 6.37. The van der Waals surface area contributed by atoms with Crippen molar-refractivity contribution < 1.29 is 0 Å². The van der Waals surface area contributed by atoms with E-state index in [2.05, 4.69) is 42.3 Å². The molecule has 0 saturated carbocycles. The van der Waals surface area contributed by atoms with Crippen molar-refractivity contribution in [1.82, 2.24) is 9.97 Å². The van der Waals surface area contributed by atoms with Gasteiger partial charge < -0.3 is 5.32 Å². The fraction of sp³-hybridized carbons (Fsp3) is 0.176. The SMILES string of the molecule is CNc1cc(-c2ccccc2)nc(-c2cc(C)sc2C)n1. The summed E-state index contributed by atoms with van der Waals surface area (Å²) in [6, 6.07) is 14.3. The van der Waals surface area contributed by atoms with Gasteiger partial charge in [0.25, 0.3) is 0 Å². The zero-order chi connectivity index (χ0) is 14.8. The summed E-state index contributed by atoms with van der Waals surface area (Å²) >= 11 is 1.78. The first-order chi connectivity index (χ1) is 10.2. The van der Waals surface area contributed by atoms with Crippen LogP contribution in [0.25, 0.3) is 22.6 Å². The molecular formula is C17H17N3S. The van der Waals surface area contributed by atoms with E-state index in [0.29, 0.717) is 0 Å². The number of hydrogen-bond acceptors (Lipinski definition) is 4. The Kier molecular flexibility index (Phi) is 3.71. The van der Waals surface area contributed by atoms with Gasteiger partial charge in [0.2, 0.25) is 0 Å². The monoisotopic (exact) mass is 295 g/mol. The molecule has 0 amide bonds. The molecule has 0 aliphatic heterocycles. The molecule has 4 heteroatoms. The Morgan fingerprint density at radius 2 is 1.76 bits per heavy atom. The molecule has 0 radical (unpaired) electrons. The fourth-order valence-corrected chi connectivity index (χ4v) is 3.23. The topological polar surface area (TPSA) is 37.8 Å². The average molecular weight is 295 g/mol. The molecule has 0 unspecified atom stereocenters. The van der Waals surface area contributed by atoms with E-state index >= 15 is 0 Å². The maximum Gasteiger partial charge on any atom is 0.163 e. The normalized spacial score (nSPS) is 10.6. The highest BCUT2D eigenvalue weighted by Gasteiger charge is 2.12. The minimum absolute atomic E-state index is 0.780. The number of rotatable bonds is 3. The van der Waals surface area contributed by atoms with E-state index < -0.39 is 0 Å². The number of nitrogens with zero attached hydrogens (tertiary/aromatic N) is 2. The highest BCUT2D eigenvalue weighted by atomic mass is 32.1. The number of anilines is 1. The number of aryl methyl sites for hydroxylation is 2. The van der Waals surface area contributed by atoms with Gasteiger partial charge in [0.1, 0.15) is 5.82 Å². The molecular weight excluding hydrogens is 278 g/mol. The van der Waals surface area contributed by atoms with Gasteiger partial charge in [-0.3, -0.25) is 0 Å². The van der Waals surface area contributed by atoms with E-state index in [9.17, 15) is 0 Å². The van der Waals surface area contributed by atoms with Gasteiger partial charge in [-0.1, -0.05) is 30.3 Å². The van der Waals surface area contributed by atoms with Crippen LogP contribution in [0.5, 0.6) is 0 Å². The van der Waals surface area contributed by atoms with Crippen LogP contribution in [0.1, 0.15) is 9.75 Å². The third-order valence-corrected chi connectivity index (χ3v) is 4.30. The van der Waals surface area contributed by atoms with E-state index in [4.69, 9.17) is 4.98 Å². The lowest BCUT2D eigenvalue weighted by atomic mass is 10.1. The second kappa shape index (κ2) is 5.66. The summed E-state index contributed by atoms with van der Waals surface area (Å²) < 4.78 is 0. The van der Waals surface area contributed by atoms with Crippen molar-refractivity contribution in [1.29, 1.82) is 0 Å². The van der Waals surface area contributed by atoms with E-state index in [-0.39, 0.29) is 0 Å². The molecule has 1 aromatic carbocycles. The smallest absolute Gasteiger partial charge is 0.163 e. The van der Waals surface area contributed by atoms with E-state index in [1.165, 1.54) is 9.75 Å². The summed E-state index contributed by atoms with van der Waals surface area (Å²) in [5, 5.41) is 3.13. The summed E-state index contributed by atoms with van der Waals surface area (Å²) in [6.45, 7) is 4.23. The predicted molar refractivity (Wildman–Crippen MR) is 89.8 cm³/mol. The first-order valence-electron chi connectivity index (χ1n) is 6.87. The standard InChI is InChI=1S/C17H17N3S/c1-11-9-14(12(2)21-11)17-19-15(10-16(18-3)20-17)13-7-5-4-6-8-13/h4-10H,1-3H3,(H,18,19,20). The van der Waals surface area contributed by atoms with Crippen LogP contribution in [-0.4, -0.2) is 17.0 Å². The number of thiophene rings is 1. The Balaban J connectivity index is 2.16. The molecule has 0 fully saturated rings. The van der Waals surface area contributed by atoms with E-state index in [0.717, 1.165) is 28.5 Å². The average Bonchev–Trinajstić information content (AvgIpc) is 2.86. The van der Waals surface area contributed by atoms with Gasteiger partial charge in [-0.05, 0) is 19.9 Å². The zero-order valence-electron chi connectivity index (χ0n) is 12.3. The summed E-state index contributed by atoms with van der Waals surface area (Å²) in [6.07, 6.45) is 0. The van der Waals surface area contributed by atoms with Gasteiger partial charge in [0.15, 0.2) is 5.82 Å². The van der Waals surface area contributed by atoms with Gasteiger partial charge in [0, 0.05) is 34.0 Å². The fourth-order valence-electron chi connectivity index (χ4n) is 2.31. The van der Waals surface area contributed by atoms with Crippen LogP contribution in [0.2, 0.25) is 0 Å². The third kappa shape index (κ3) is 2.81. The Hall–Kier alpha value is -2.20. The number of benzene rings is 1. The molecule has 0 aliphatic carbocycles. The number of hydrogen-bond donors (Lipinski definition) is 1. The molecule has 3 rings (SSSR count). The molecule has 2 heterocycles. The molecule has 3 aromatic rings. The highest BCUT2D eigenvalue weighted by Crippen LogP contribution is 2.30. The molecule has 106 valence electrons. The molecule has 0 saturated heterocycles. The van der Waals surface area contributed by atoms with Crippen LogP contribution in [0.15, 0.2) is 42.5 Å². The third-order valence-electron chi connectivity index (χ3n) is 3.33. The van der Waals surface area contributed by atoms with Crippen LogP contribution in [-0.2, 0) is 0 Å². The molecule has 3 nitrogen and oxygen atoms in total. The predicted octanol–water partition coefficient (Wildman–Crippen LogP) is 4.53. The maximum atomic E-state index is 4.75. The summed E-state index contributed by atoms with van der Waals surface area (Å²) in [5.74, 6) is 1.62. The quantitative estimate of drug-likeness (QED) is 0.771. The molecule has 0 bridgehead atoms. The van der Waals surface area contributed by atoms with Crippen molar-refractivity contribution >= 4 is 17.2 Å². The Morgan fingerprint density at radius 1 is 1.00 bits per heavy atom. The Bertz CT molecular complexity index is 763. The second-order valence-electron chi connectivity index (χ2n) is 4.90.